The van der Waals surface area contributed by atoms with E-state index in [9.17, 15) is 27.9 Å². The molecule has 202 valence electrons. The van der Waals surface area contributed by atoms with E-state index in [2.05, 4.69) is 25.2 Å². The van der Waals surface area contributed by atoms with Gasteiger partial charge in [-0.05, 0) is 29.7 Å². The zero-order valence-electron chi connectivity index (χ0n) is 21.1. The minimum absolute atomic E-state index is 0.113. The molecular weight excluding hydrogens is 503 g/mol. The Morgan fingerprint density at radius 1 is 1.11 bits per heavy atom. The van der Waals surface area contributed by atoms with Crippen molar-refractivity contribution in [2.75, 3.05) is 29.9 Å². The second-order valence-electron chi connectivity index (χ2n) is 10.1. The van der Waals surface area contributed by atoms with Crippen molar-refractivity contribution in [1.29, 1.82) is 0 Å². The molecule has 38 heavy (non-hydrogen) atoms. The molecule has 0 aliphatic carbocycles. The molecule has 1 saturated heterocycles. The summed E-state index contributed by atoms with van der Waals surface area (Å²) in [6, 6.07) is 5.61. The first-order valence-electron chi connectivity index (χ1n) is 11.9. The number of nitrogens with zero attached hydrogens (tertiary/aromatic N) is 6. The number of anilines is 2. The highest BCUT2D eigenvalue weighted by molar-refractivity contribution is 5.89. The van der Waals surface area contributed by atoms with Crippen LogP contribution in [0.2, 0.25) is 0 Å². The van der Waals surface area contributed by atoms with E-state index in [0.29, 0.717) is 25.5 Å². The molecule has 0 saturated carbocycles. The van der Waals surface area contributed by atoms with Gasteiger partial charge in [-0.15, -0.1) is 0 Å². The number of aromatic nitrogens is 4. The number of hydrogen-bond acceptors (Lipinski definition) is 6. The molecule has 1 aliphatic heterocycles. The fourth-order valence-corrected chi connectivity index (χ4v) is 4.32. The van der Waals surface area contributed by atoms with Gasteiger partial charge in [0, 0.05) is 37.6 Å². The first-order chi connectivity index (χ1) is 17.8. The number of imidazole rings is 1. The standard InChI is InChI=1S/C25H28F3N7O3/c1-24(2,3)20-13-34(8-9-35(20)23(37)38)17-4-5-21(30-11-17)32-22(36)14-33-12-18(31-15-33)16-6-7-29-19(10-16)25(26,27)28/h4-7,10-12,15,20H,8-9,13-14H2,1-3H3,(H,37,38)(H,30,32,36). The average Bonchev–Trinajstić information content (AvgIpc) is 3.31. The predicted octanol–water partition coefficient (Wildman–Crippen LogP) is 4.21. The van der Waals surface area contributed by atoms with Crippen LogP contribution < -0.4 is 10.2 Å². The Labute approximate surface area is 217 Å². The van der Waals surface area contributed by atoms with Crippen molar-refractivity contribution >= 4 is 23.5 Å². The first kappa shape index (κ1) is 26.9. The quantitative estimate of drug-likeness (QED) is 0.507. The minimum atomic E-state index is -4.57. The fourth-order valence-electron chi connectivity index (χ4n) is 4.32. The lowest BCUT2D eigenvalue weighted by Crippen LogP contribution is -2.59. The molecule has 0 radical (unpaired) electrons. The normalized spacial score (nSPS) is 16.4. The van der Waals surface area contributed by atoms with Gasteiger partial charge in [0.1, 0.15) is 18.1 Å². The summed E-state index contributed by atoms with van der Waals surface area (Å²) in [5, 5.41) is 12.3. The van der Waals surface area contributed by atoms with Crippen molar-refractivity contribution in [2.24, 2.45) is 5.41 Å². The molecule has 2 amide bonds. The second-order valence-corrected chi connectivity index (χ2v) is 10.1. The highest BCUT2D eigenvalue weighted by atomic mass is 19.4. The molecule has 4 rings (SSSR count). The third kappa shape index (κ3) is 6.21. The number of hydrogen-bond donors (Lipinski definition) is 2. The summed E-state index contributed by atoms with van der Waals surface area (Å²) in [6.45, 7) is 7.33. The predicted molar refractivity (Wildman–Crippen MR) is 134 cm³/mol. The third-order valence-corrected chi connectivity index (χ3v) is 6.31. The number of nitrogens with one attached hydrogen (secondary N) is 1. The van der Waals surface area contributed by atoms with E-state index in [1.165, 1.54) is 28.1 Å². The molecule has 1 aliphatic rings. The van der Waals surface area contributed by atoms with Crippen LogP contribution in [0.4, 0.5) is 29.5 Å². The number of carbonyl (C=O) groups excluding carboxylic acids is 1. The Balaban J connectivity index is 1.37. The topological polar surface area (TPSA) is 116 Å². The van der Waals surface area contributed by atoms with Gasteiger partial charge in [0.05, 0.1) is 29.9 Å². The van der Waals surface area contributed by atoms with E-state index in [0.717, 1.165) is 18.0 Å². The third-order valence-electron chi connectivity index (χ3n) is 6.31. The van der Waals surface area contributed by atoms with Crippen molar-refractivity contribution in [3.05, 3.63) is 54.9 Å². The van der Waals surface area contributed by atoms with Gasteiger partial charge in [-0.2, -0.15) is 13.2 Å². The van der Waals surface area contributed by atoms with Crippen LogP contribution in [-0.2, 0) is 17.5 Å². The molecule has 1 unspecified atom stereocenters. The maximum atomic E-state index is 12.9. The van der Waals surface area contributed by atoms with Crippen molar-refractivity contribution in [1.82, 2.24) is 24.4 Å². The zero-order chi connectivity index (χ0) is 27.7. The van der Waals surface area contributed by atoms with Crippen LogP contribution >= 0.6 is 0 Å². The van der Waals surface area contributed by atoms with Crippen LogP contribution in [0.1, 0.15) is 26.5 Å². The van der Waals surface area contributed by atoms with Gasteiger partial charge in [0.25, 0.3) is 0 Å². The lowest BCUT2D eigenvalue weighted by atomic mass is 9.84. The van der Waals surface area contributed by atoms with Crippen LogP contribution in [-0.4, -0.2) is 67.2 Å². The van der Waals surface area contributed by atoms with Crippen LogP contribution in [0.5, 0.6) is 0 Å². The Morgan fingerprint density at radius 2 is 1.87 bits per heavy atom. The summed E-state index contributed by atoms with van der Waals surface area (Å²) in [5.74, 6) is -0.0534. The number of carboxylic acid groups (broad SMARTS) is 1. The van der Waals surface area contributed by atoms with E-state index in [1.54, 1.807) is 12.3 Å². The smallest absolute Gasteiger partial charge is 0.433 e. The van der Waals surface area contributed by atoms with Gasteiger partial charge < -0.3 is 24.8 Å². The molecule has 4 heterocycles. The van der Waals surface area contributed by atoms with E-state index in [4.69, 9.17) is 0 Å². The molecular formula is C25H28F3N7O3. The molecule has 0 bridgehead atoms. The lowest BCUT2D eigenvalue weighted by Gasteiger charge is -2.46. The number of alkyl halides is 3. The number of carbonyl (C=O) groups is 2. The van der Waals surface area contributed by atoms with Crippen molar-refractivity contribution < 1.29 is 27.9 Å². The summed E-state index contributed by atoms with van der Waals surface area (Å²) >= 11 is 0. The summed E-state index contributed by atoms with van der Waals surface area (Å²) in [6.07, 6.45) is 0.0345. The maximum Gasteiger partial charge on any atom is 0.433 e. The van der Waals surface area contributed by atoms with Crippen molar-refractivity contribution in [3.63, 3.8) is 0 Å². The number of halogens is 3. The monoisotopic (exact) mass is 531 g/mol. The SMILES string of the molecule is CC(C)(C)C1CN(c2ccc(NC(=O)Cn3cnc(-c4ccnc(C(F)(F)F)c4)c3)nc2)CCN1C(=O)O. The number of amides is 2. The Morgan fingerprint density at radius 3 is 2.50 bits per heavy atom. The Kier molecular flexibility index (Phi) is 7.29. The number of rotatable bonds is 5. The maximum absolute atomic E-state index is 12.9. The van der Waals surface area contributed by atoms with E-state index >= 15 is 0 Å². The number of piperazine rings is 1. The van der Waals surface area contributed by atoms with Gasteiger partial charge in [-0.25, -0.2) is 14.8 Å². The van der Waals surface area contributed by atoms with Gasteiger partial charge in [0.2, 0.25) is 5.91 Å². The molecule has 1 atom stereocenters. The van der Waals surface area contributed by atoms with Crippen molar-refractivity contribution in [3.8, 4) is 11.3 Å². The fraction of sp³-hybridized carbons (Fsp3) is 0.400. The second kappa shape index (κ2) is 10.3. The minimum Gasteiger partial charge on any atom is -0.465 e. The van der Waals surface area contributed by atoms with Crippen LogP contribution in [0.15, 0.2) is 49.2 Å². The van der Waals surface area contributed by atoms with E-state index < -0.39 is 18.0 Å². The van der Waals surface area contributed by atoms with Crippen molar-refractivity contribution in [2.45, 2.75) is 39.5 Å². The molecule has 3 aromatic rings. The van der Waals surface area contributed by atoms with E-state index in [-0.39, 0.29) is 35.2 Å². The molecule has 10 nitrogen and oxygen atoms in total. The summed E-state index contributed by atoms with van der Waals surface area (Å²) < 4.78 is 40.3. The Bertz CT molecular complexity index is 1300. The molecule has 0 spiro atoms. The first-order valence-corrected chi connectivity index (χ1v) is 11.9. The van der Waals surface area contributed by atoms with Gasteiger partial charge in [-0.3, -0.25) is 9.78 Å². The van der Waals surface area contributed by atoms with Crippen LogP contribution in [0.3, 0.4) is 0 Å². The van der Waals surface area contributed by atoms with Crippen LogP contribution in [0, 0.1) is 5.41 Å². The molecule has 1 fully saturated rings. The van der Waals surface area contributed by atoms with Crippen LogP contribution in [0.25, 0.3) is 11.3 Å². The lowest BCUT2D eigenvalue weighted by molar-refractivity contribution is -0.141. The summed E-state index contributed by atoms with van der Waals surface area (Å²) in [5.41, 5.74) is 0.0712. The van der Waals surface area contributed by atoms with Gasteiger partial charge in [-0.1, -0.05) is 20.8 Å². The molecule has 3 aromatic heterocycles. The van der Waals surface area contributed by atoms with Gasteiger partial charge in [0.15, 0.2) is 0 Å². The highest BCUT2D eigenvalue weighted by Crippen LogP contribution is 2.31. The summed E-state index contributed by atoms with van der Waals surface area (Å²) in [7, 11) is 0. The van der Waals surface area contributed by atoms with Gasteiger partial charge >= 0.3 is 12.3 Å². The largest absolute Gasteiger partial charge is 0.465 e. The highest BCUT2D eigenvalue weighted by Gasteiger charge is 2.38. The average molecular weight is 532 g/mol. The zero-order valence-corrected chi connectivity index (χ0v) is 21.1. The Hall–Kier alpha value is -4.16. The summed E-state index contributed by atoms with van der Waals surface area (Å²) in [4.78, 5) is 39.5. The van der Waals surface area contributed by atoms with E-state index in [1.807, 2.05) is 26.8 Å². The molecule has 2 N–H and O–H groups in total. The molecule has 0 aromatic carbocycles. The molecule has 13 heteroatoms. The number of pyridine rings is 2.